The van der Waals surface area contributed by atoms with E-state index in [4.69, 9.17) is 5.73 Å². The molecule has 2 heterocycles. The number of hydrogen-bond acceptors (Lipinski definition) is 2. The van der Waals surface area contributed by atoms with E-state index in [1.165, 1.54) is 0 Å². The molecule has 0 aliphatic carbocycles. The Morgan fingerprint density at radius 1 is 1.25 bits per heavy atom. The van der Waals surface area contributed by atoms with Gasteiger partial charge in [0, 0.05) is 17.5 Å². The fraction of sp³-hybridized carbons (Fsp3) is 0.353. The molecule has 0 aromatic heterocycles. The quantitative estimate of drug-likeness (QED) is 0.896. The van der Waals surface area contributed by atoms with Crippen molar-refractivity contribution in [2.24, 2.45) is 11.7 Å². The number of hydrogen-bond donors (Lipinski definition) is 1. The Hall–Kier alpha value is -2.03. The van der Waals surface area contributed by atoms with Gasteiger partial charge in [-0.15, -0.1) is 0 Å². The first-order valence-electron chi connectivity index (χ1n) is 7.06. The SMILES string of the molecule is CC1=Cc2ccccc2C2(CC(C)C)C(N)=CC(=O)N12. The van der Waals surface area contributed by atoms with E-state index in [1.54, 1.807) is 6.08 Å². The van der Waals surface area contributed by atoms with E-state index >= 15 is 0 Å². The number of fused-ring (bicyclic) bond motifs is 3. The van der Waals surface area contributed by atoms with E-state index < -0.39 is 5.54 Å². The van der Waals surface area contributed by atoms with Gasteiger partial charge in [-0.1, -0.05) is 38.1 Å². The lowest BCUT2D eigenvalue weighted by Gasteiger charge is -2.45. The first-order chi connectivity index (χ1) is 9.46. The highest BCUT2D eigenvalue weighted by atomic mass is 16.2. The van der Waals surface area contributed by atoms with E-state index in [0.717, 1.165) is 23.2 Å². The van der Waals surface area contributed by atoms with Crippen LogP contribution in [0.25, 0.3) is 6.08 Å². The standard InChI is InChI=1S/C17H20N2O/c1-11(2)10-17-14-7-5-4-6-13(14)8-12(3)19(17)16(20)9-15(17)18/h4-9,11H,10,18H2,1-3H3. The summed E-state index contributed by atoms with van der Waals surface area (Å²) in [5, 5.41) is 0. The highest BCUT2D eigenvalue weighted by Crippen LogP contribution is 2.49. The minimum Gasteiger partial charge on any atom is -0.400 e. The van der Waals surface area contributed by atoms with Gasteiger partial charge in [0.15, 0.2) is 0 Å². The molecule has 104 valence electrons. The second-order valence-corrected chi connectivity index (χ2v) is 6.10. The number of carbonyl (C=O) groups is 1. The van der Waals surface area contributed by atoms with E-state index in [1.807, 2.05) is 24.0 Å². The maximum atomic E-state index is 12.4. The maximum Gasteiger partial charge on any atom is 0.253 e. The summed E-state index contributed by atoms with van der Waals surface area (Å²) in [6.07, 6.45) is 4.49. The van der Waals surface area contributed by atoms with Crippen LogP contribution in [0.5, 0.6) is 0 Å². The van der Waals surface area contributed by atoms with Gasteiger partial charge in [-0.25, -0.2) is 0 Å². The minimum absolute atomic E-state index is 0.00796. The van der Waals surface area contributed by atoms with Gasteiger partial charge >= 0.3 is 0 Å². The van der Waals surface area contributed by atoms with Gasteiger partial charge in [-0.2, -0.15) is 0 Å². The molecule has 0 bridgehead atoms. The van der Waals surface area contributed by atoms with Crippen LogP contribution in [0, 0.1) is 5.92 Å². The number of carbonyl (C=O) groups excluding carboxylic acids is 1. The second-order valence-electron chi connectivity index (χ2n) is 6.10. The molecular formula is C17H20N2O. The first-order valence-corrected chi connectivity index (χ1v) is 7.06. The van der Waals surface area contributed by atoms with Gasteiger partial charge in [0.05, 0.1) is 0 Å². The zero-order chi connectivity index (χ0) is 14.5. The number of nitrogens with zero attached hydrogens (tertiary/aromatic N) is 1. The van der Waals surface area contributed by atoms with Crippen molar-refractivity contribution in [1.82, 2.24) is 4.90 Å². The lowest BCUT2D eigenvalue weighted by molar-refractivity contribution is -0.127. The molecule has 0 fully saturated rings. The van der Waals surface area contributed by atoms with Gasteiger partial charge in [0.1, 0.15) is 5.54 Å². The first kappa shape index (κ1) is 13.0. The third-order valence-electron chi connectivity index (χ3n) is 4.19. The smallest absolute Gasteiger partial charge is 0.253 e. The molecule has 3 rings (SSSR count). The molecule has 1 aromatic rings. The van der Waals surface area contributed by atoms with Crippen LogP contribution in [0.3, 0.4) is 0 Å². The van der Waals surface area contributed by atoms with Crippen LogP contribution in [0.4, 0.5) is 0 Å². The second kappa shape index (κ2) is 4.23. The highest BCUT2D eigenvalue weighted by molar-refractivity contribution is 5.96. The molecular weight excluding hydrogens is 248 g/mol. The maximum absolute atomic E-state index is 12.4. The summed E-state index contributed by atoms with van der Waals surface area (Å²) in [5.74, 6) is 0.431. The molecule has 3 heteroatoms. The number of amides is 1. The van der Waals surface area contributed by atoms with Crippen LogP contribution in [-0.4, -0.2) is 10.8 Å². The highest BCUT2D eigenvalue weighted by Gasteiger charge is 2.51. The van der Waals surface area contributed by atoms with Crippen molar-refractivity contribution in [2.75, 3.05) is 0 Å². The average molecular weight is 268 g/mol. The molecule has 0 spiro atoms. The fourth-order valence-corrected chi connectivity index (χ4v) is 3.58. The molecule has 1 atom stereocenters. The lowest BCUT2D eigenvalue weighted by Crippen LogP contribution is -2.49. The topological polar surface area (TPSA) is 46.3 Å². The number of rotatable bonds is 2. The van der Waals surface area contributed by atoms with Crippen molar-refractivity contribution in [3.63, 3.8) is 0 Å². The molecule has 2 aliphatic rings. The van der Waals surface area contributed by atoms with E-state index in [0.29, 0.717) is 11.6 Å². The van der Waals surface area contributed by atoms with Crippen LogP contribution in [0.1, 0.15) is 38.3 Å². The Labute approximate surface area is 119 Å². The van der Waals surface area contributed by atoms with Crippen LogP contribution >= 0.6 is 0 Å². The summed E-state index contributed by atoms with van der Waals surface area (Å²) in [4.78, 5) is 14.2. The van der Waals surface area contributed by atoms with Crippen LogP contribution in [0.2, 0.25) is 0 Å². The molecule has 1 amide bonds. The normalized spacial score (nSPS) is 24.4. The van der Waals surface area contributed by atoms with Crippen molar-refractivity contribution >= 4 is 12.0 Å². The molecule has 0 saturated heterocycles. The third-order valence-corrected chi connectivity index (χ3v) is 4.19. The zero-order valence-corrected chi connectivity index (χ0v) is 12.2. The zero-order valence-electron chi connectivity index (χ0n) is 12.2. The summed E-state index contributed by atoms with van der Waals surface area (Å²) in [6, 6.07) is 8.23. The Kier molecular flexibility index (Phi) is 2.75. The summed E-state index contributed by atoms with van der Waals surface area (Å²) >= 11 is 0. The molecule has 2 aliphatic heterocycles. The number of benzene rings is 1. The van der Waals surface area contributed by atoms with Gasteiger partial charge in [-0.3, -0.25) is 9.69 Å². The Morgan fingerprint density at radius 3 is 2.65 bits per heavy atom. The predicted octanol–water partition coefficient (Wildman–Crippen LogP) is 2.99. The van der Waals surface area contributed by atoms with Crippen molar-refractivity contribution in [2.45, 2.75) is 32.7 Å². The van der Waals surface area contributed by atoms with E-state index in [9.17, 15) is 4.79 Å². The van der Waals surface area contributed by atoms with E-state index in [-0.39, 0.29) is 5.91 Å². The van der Waals surface area contributed by atoms with Gasteiger partial charge in [-0.05, 0) is 36.5 Å². The molecule has 0 saturated carbocycles. The Bertz CT molecular complexity index is 642. The van der Waals surface area contributed by atoms with Gasteiger partial charge < -0.3 is 5.73 Å². The van der Waals surface area contributed by atoms with Crippen LogP contribution in [0.15, 0.2) is 41.7 Å². The number of allylic oxidation sites excluding steroid dienone is 1. The summed E-state index contributed by atoms with van der Waals surface area (Å²) < 4.78 is 0. The third kappa shape index (κ3) is 1.56. The van der Waals surface area contributed by atoms with Gasteiger partial charge in [0.25, 0.3) is 5.91 Å². The molecule has 2 N–H and O–H groups in total. The molecule has 20 heavy (non-hydrogen) atoms. The van der Waals surface area contributed by atoms with Crippen LogP contribution < -0.4 is 5.73 Å². The fourth-order valence-electron chi connectivity index (χ4n) is 3.58. The predicted molar refractivity (Wildman–Crippen MR) is 80.3 cm³/mol. The van der Waals surface area contributed by atoms with Crippen molar-refractivity contribution < 1.29 is 4.79 Å². The minimum atomic E-state index is -0.499. The van der Waals surface area contributed by atoms with Crippen molar-refractivity contribution in [3.05, 3.63) is 52.9 Å². The van der Waals surface area contributed by atoms with Crippen molar-refractivity contribution in [3.8, 4) is 0 Å². The molecule has 3 nitrogen and oxygen atoms in total. The molecule has 1 unspecified atom stereocenters. The monoisotopic (exact) mass is 268 g/mol. The lowest BCUT2D eigenvalue weighted by atomic mass is 9.75. The van der Waals surface area contributed by atoms with Gasteiger partial charge in [0.2, 0.25) is 0 Å². The number of nitrogens with two attached hydrogens (primary N) is 1. The summed E-state index contributed by atoms with van der Waals surface area (Å²) in [5.41, 5.74) is 9.74. The van der Waals surface area contributed by atoms with E-state index in [2.05, 4.69) is 32.1 Å². The average Bonchev–Trinajstić information content (AvgIpc) is 2.61. The van der Waals surface area contributed by atoms with Crippen molar-refractivity contribution in [1.29, 1.82) is 0 Å². The Balaban J connectivity index is 2.30. The summed E-state index contributed by atoms with van der Waals surface area (Å²) in [7, 11) is 0. The Morgan fingerprint density at radius 2 is 1.95 bits per heavy atom. The van der Waals surface area contributed by atoms with Crippen LogP contribution in [-0.2, 0) is 10.3 Å². The summed E-state index contributed by atoms with van der Waals surface area (Å²) in [6.45, 7) is 6.31. The molecule has 0 radical (unpaired) electrons. The molecule has 1 aromatic carbocycles. The largest absolute Gasteiger partial charge is 0.400 e.